The molecule has 1 amide bonds. The highest BCUT2D eigenvalue weighted by atomic mass is 32.2. The van der Waals surface area contributed by atoms with Crippen LogP contribution in [0.2, 0.25) is 0 Å². The molecule has 0 saturated carbocycles. The quantitative estimate of drug-likeness (QED) is 0.433. The molecule has 0 radical (unpaired) electrons. The minimum absolute atomic E-state index is 0.0477. The summed E-state index contributed by atoms with van der Waals surface area (Å²) in [6, 6.07) is 13.5. The van der Waals surface area contributed by atoms with Gasteiger partial charge in [0.15, 0.2) is 5.78 Å². The second kappa shape index (κ2) is 11.1. The number of amides is 1. The van der Waals surface area contributed by atoms with Crippen molar-refractivity contribution in [3.63, 3.8) is 0 Å². The van der Waals surface area contributed by atoms with Crippen molar-refractivity contribution in [3.05, 3.63) is 65.5 Å². The van der Waals surface area contributed by atoms with Crippen molar-refractivity contribution >= 4 is 23.6 Å². The van der Waals surface area contributed by atoms with E-state index in [1.165, 1.54) is 29.8 Å². The molecule has 3 rings (SSSR count). The fourth-order valence-electron chi connectivity index (χ4n) is 3.83. The van der Waals surface area contributed by atoms with Crippen LogP contribution in [0.1, 0.15) is 56.0 Å². The number of rotatable bonds is 8. The first-order valence-electron chi connectivity index (χ1n) is 11.2. The van der Waals surface area contributed by atoms with Crippen LogP contribution in [0.25, 0.3) is 0 Å². The van der Waals surface area contributed by atoms with Crippen LogP contribution in [-0.4, -0.2) is 47.3 Å². The van der Waals surface area contributed by atoms with Crippen molar-refractivity contribution in [1.29, 1.82) is 0 Å². The number of carbonyl (C=O) groups excluding carboxylic acids is 2. The van der Waals surface area contributed by atoms with Gasteiger partial charge in [0, 0.05) is 35.6 Å². The molecule has 2 aromatic rings. The average molecular weight is 474 g/mol. The Labute approximate surface area is 199 Å². The van der Waals surface area contributed by atoms with Gasteiger partial charge in [-0.1, -0.05) is 12.1 Å². The summed E-state index contributed by atoms with van der Waals surface area (Å²) in [7, 11) is 1.65. The summed E-state index contributed by atoms with van der Waals surface area (Å²) in [4.78, 5) is 27.2. The van der Waals surface area contributed by atoms with Gasteiger partial charge in [-0.2, -0.15) is 11.8 Å². The van der Waals surface area contributed by atoms with Crippen molar-refractivity contribution in [1.82, 2.24) is 4.90 Å². The molecule has 5 nitrogen and oxygen atoms in total. The normalized spacial score (nSPS) is 18.3. The number of thioether (sulfide) groups is 1. The number of benzene rings is 2. The van der Waals surface area contributed by atoms with Crippen LogP contribution >= 0.6 is 11.8 Å². The number of likely N-dealkylation sites (tertiary alicyclic amines) is 1. The van der Waals surface area contributed by atoms with E-state index in [1.54, 1.807) is 12.0 Å². The highest BCUT2D eigenvalue weighted by Gasteiger charge is 2.37. The van der Waals surface area contributed by atoms with Gasteiger partial charge in [-0.05, 0) is 75.6 Å². The first-order chi connectivity index (χ1) is 15.6. The average Bonchev–Trinajstić information content (AvgIpc) is 3.19. The second-order valence-corrected chi connectivity index (χ2v) is 10.6. The van der Waals surface area contributed by atoms with E-state index in [0.717, 1.165) is 17.9 Å². The minimum Gasteiger partial charge on any atom is -0.497 e. The summed E-state index contributed by atoms with van der Waals surface area (Å²) in [5.74, 6) is 1.24. The topological polar surface area (TPSA) is 55.8 Å². The number of carbonyl (C=O) groups is 2. The SMILES string of the molecule is COc1ccc(CS[C@@H]2C[C@@H](CCC(=O)c3ccc(F)cc3)N(C(=O)OC(C)(C)C)C2)cc1. The number of halogens is 1. The Morgan fingerprint density at radius 2 is 1.76 bits per heavy atom. The second-order valence-electron chi connectivity index (χ2n) is 9.27. The van der Waals surface area contributed by atoms with Crippen LogP contribution in [0.15, 0.2) is 48.5 Å². The minimum atomic E-state index is -0.583. The van der Waals surface area contributed by atoms with Crippen molar-refractivity contribution in [2.45, 2.75) is 62.7 Å². The van der Waals surface area contributed by atoms with E-state index >= 15 is 0 Å². The van der Waals surface area contributed by atoms with Gasteiger partial charge in [0.1, 0.15) is 17.2 Å². The molecule has 1 heterocycles. The number of hydrogen-bond acceptors (Lipinski definition) is 5. The number of hydrogen-bond donors (Lipinski definition) is 0. The van der Waals surface area contributed by atoms with Crippen LogP contribution in [0.5, 0.6) is 5.75 Å². The fourth-order valence-corrected chi connectivity index (χ4v) is 5.07. The molecule has 0 N–H and O–H groups in total. The highest BCUT2D eigenvalue weighted by Crippen LogP contribution is 2.33. The maximum absolute atomic E-state index is 13.2. The smallest absolute Gasteiger partial charge is 0.410 e. The lowest BCUT2D eigenvalue weighted by Gasteiger charge is -2.28. The van der Waals surface area contributed by atoms with Gasteiger partial charge in [-0.15, -0.1) is 0 Å². The van der Waals surface area contributed by atoms with E-state index in [1.807, 2.05) is 56.8 Å². The molecule has 0 aliphatic carbocycles. The summed E-state index contributed by atoms with van der Waals surface area (Å²) >= 11 is 1.81. The number of ether oxygens (including phenoxy) is 2. The molecule has 0 aromatic heterocycles. The third-order valence-corrected chi connectivity index (χ3v) is 6.83. The third-order valence-electron chi connectivity index (χ3n) is 5.52. The highest BCUT2D eigenvalue weighted by molar-refractivity contribution is 7.99. The lowest BCUT2D eigenvalue weighted by molar-refractivity contribution is 0.0218. The molecule has 0 unspecified atom stereocenters. The van der Waals surface area contributed by atoms with Crippen LogP contribution in [-0.2, 0) is 10.5 Å². The Morgan fingerprint density at radius 3 is 2.36 bits per heavy atom. The zero-order valence-corrected chi connectivity index (χ0v) is 20.5. The van der Waals surface area contributed by atoms with Crippen LogP contribution < -0.4 is 4.74 Å². The van der Waals surface area contributed by atoms with Gasteiger partial charge in [0.05, 0.1) is 7.11 Å². The summed E-state index contributed by atoms with van der Waals surface area (Å²) in [5.41, 5.74) is 1.10. The summed E-state index contributed by atoms with van der Waals surface area (Å²) in [6.07, 6.45) is 1.31. The van der Waals surface area contributed by atoms with E-state index in [9.17, 15) is 14.0 Å². The third kappa shape index (κ3) is 7.49. The molecule has 2 aromatic carbocycles. The van der Waals surface area contributed by atoms with Crippen LogP contribution in [0, 0.1) is 5.82 Å². The zero-order valence-electron chi connectivity index (χ0n) is 19.7. The maximum Gasteiger partial charge on any atom is 0.410 e. The van der Waals surface area contributed by atoms with Crippen molar-refractivity contribution in [2.24, 2.45) is 0 Å². The Hall–Kier alpha value is -2.54. The monoisotopic (exact) mass is 473 g/mol. The molecule has 1 fully saturated rings. The number of Topliss-reactive ketones (excluding diaryl/α,β-unsaturated/α-hetero) is 1. The Kier molecular flexibility index (Phi) is 8.40. The standard InChI is InChI=1S/C26H32FNO4S/c1-26(2,3)32-25(30)28-16-23(33-17-18-5-12-22(31-4)13-6-18)15-21(28)11-14-24(29)19-7-9-20(27)10-8-19/h5-10,12-13,21,23H,11,14-17H2,1-4H3/t21-,23-/m1/s1. The molecule has 33 heavy (non-hydrogen) atoms. The van der Waals surface area contributed by atoms with Gasteiger partial charge in [-0.25, -0.2) is 9.18 Å². The fraction of sp³-hybridized carbons (Fsp3) is 0.462. The summed E-state index contributed by atoms with van der Waals surface area (Å²) in [6.45, 7) is 6.14. The molecular weight excluding hydrogens is 441 g/mol. The van der Waals surface area contributed by atoms with E-state index < -0.39 is 5.60 Å². The van der Waals surface area contributed by atoms with Gasteiger partial charge >= 0.3 is 6.09 Å². The van der Waals surface area contributed by atoms with Gasteiger partial charge < -0.3 is 14.4 Å². The molecule has 1 saturated heterocycles. The number of ketones is 1. The molecule has 1 aliphatic heterocycles. The predicted molar refractivity (Wildman–Crippen MR) is 129 cm³/mol. The Morgan fingerprint density at radius 1 is 1.09 bits per heavy atom. The molecule has 2 atom stereocenters. The first kappa shape index (κ1) is 25.1. The molecule has 1 aliphatic rings. The predicted octanol–water partition coefficient (Wildman–Crippen LogP) is 6.11. The number of methoxy groups -OCH3 is 1. The maximum atomic E-state index is 13.2. The number of nitrogens with zero attached hydrogens (tertiary/aromatic N) is 1. The molecule has 0 spiro atoms. The summed E-state index contributed by atoms with van der Waals surface area (Å²) < 4.78 is 24.0. The van der Waals surface area contributed by atoms with E-state index in [4.69, 9.17) is 9.47 Å². The van der Waals surface area contributed by atoms with Crippen molar-refractivity contribution in [3.8, 4) is 5.75 Å². The van der Waals surface area contributed by atoms with Gasteiger partial charge in [0.25, 0.3) is 0 Å². The van der Waals surface area contributed by atoms with Gasteiger partial charge in [-0.3, -0.25) is 4.79 Å². The Bertz CT molecular complexity index is 940. The molecule has 0 bridgehead atoms. The summed E-state index contributed by atoms with van der Waals surface area (Å²) in [5, 5.41) is 0.255. The van der Waals surface area contributed by atoms with Crippen molar-refractivity contribution < 1.29 is 23.5 Å². The van der Waals surface area contributed by atoms with Crippen LogP contribution in [0.4, 0.5) is 9.18 Å². The lowest BCUT2D eigenvalue weighted by atomic mass is 10.0. The van der Waals surface area contributed by atoms with Crippen molar-refractivity contribution in [2.75, 3.05) is 13.7 Å². The zero-order chi connectivity index (χ0) is 24.0. The molecular formula is C26H32FNO4S. The van der Waals surface area contributed by atoms with E-state index in [0.29, 0.717) is 24.9 Å². The van der Waals surface area contributed by atoms with Gasteiger partial charge in [0.2, 0.25) is 0 Å². The van der Waals surface area contributed by atoms with E-state index in [2.05, 4.69) is 0 Å². The largest absolute Gasteiger partial charge is 0.497 e. The Balaban J connectivity index is 1.62. The lowest BCUT2D eigenvalue weighted by Crippen LogP contribution is -2.40. The van der Waals surface area contributed by atoms with Crippen LogP contribution in [0.3, 0.4) is 0 Å². The molecule has 7 heteroatoms. The molecule has 178 valence electrons. The first-order valence-corrected chi connectivity index (χ1v) is 12.2. The van der Waals surface area contributed by atoms with E-state index in [-0.39, 0.29) is 29.0 Å².